The van der Waals surface area contributed by atoms with Gasteiger partial charge in [0.2, 0.25) is 0 Å². The van der Waals surface area contributed by atoms with Gasteiger partial charge in [-0.2, -0.15) is 0 Å². The van der Waals surface area contributed by atoms with Crippen molar-refractivity contribution in [1.29, 1.82) is 0 Å². The van der Waals surface area contributed by atoms with Gasteiger partial charge in [-0.1, -0.05) is 23.7 Å². The Morgan fingerprint density at radius 1 is 1.29 bits per heavy atom. The van der Waals surface area contributed by atoms with E-state index in [-0.39, 0.29) is 11.4 Å². The number of carbonyl (C=O) groups is 1. The summed E-state index contributed by atoms with van der Waals surface area (Å²) in [5.41, 5.74) is 3.29. The lowest BCUT2D eigenvalue weighted by Crippen LogP contribution is -2.38. The Labute approximate surface area is 169 Å². The van der Waals surface area contributed by atoms with E-state index in [1.54, 1.807) is 19.5 Å². The van der Waals surface area contributed by atoms with E-state index >= 15 is 0 Å². The molecule has 1 saturated carbocycles. The second kappa shape index (κ2) is 7.32. The number of rotatable bonds is 6. The molecule has 0 atom stereocenters. The molecule has 0 aliphatic heterocycles. The first-order valence-electron chi connectivity index (χ1n) is 9.24. The number of imidazole rings is 1. The zero-order valence-electron chi connectivity index (χ0n) is 15.9. The van der Waals surface area contributed by atoms with Crippen LogP contribution in [-0.2, 0) is 6.42 Å². The molecule has 1 fully saturated rings. The average Bonchev–Trinajstić information content (AvgIpc) is 3.28. The second-order valence-electron chi connectivity index (χ2n) is 7.35. The van der Waals surface area contributed by atoms with E-state index in [1.807, 2.05) is 54.1 Å². The van der Waals surface area contributed by atoms with E-state index in [0.717, 1.165) is 41.2 Å². The summed E-state index contributed by atoms with van der Waals surface area (Å²) in [7, 11) is 1.60. The fraction of sp³-hybridized carbons (Fsp3) is 0.273. The Bertz CT molecular complexity index is 1020. The highest BCUT2D eigenvalue weighted by molar-refractivity contribution is 6.30. The van der Waals surface area contributed by atoms with Gasteiger partial charge in [-0.3, -0.25) is 4.79 Å². The third kappa shape index (κ3) is 3.90. The van der Waals surface area contributed by atoms with Crippen LogP contribution in [0.25, 0.3) is 5.69 Å². The van der Waals surface area contributed by atoms with Crippen LogP contribution in [0.3, 0.4) is 0 Å². The highest BCUT2D eigenvalue weighted by atomic mass is 35.5. The molecule has 0 saturated heterocycles. The molecule has 4 rings (SSSR count). The molecular formula is C22H22ClN3O2. The molecule has 0 bridgehead atoms. The van der Waals surface area contributed by atoms with Crippen molar-refractivity contribution in [1.82, 2.24) is 14.9 Å². The fourth-order valence-electron chi connectivity index (χ4n) is 3.43. The van der Waals surface area contributed by atoms with Crippen LogP contribution in [0.2, 0.25) is 5.02 Å². The minimum atomic E-state index is -0.185. The highest BCUT2D eigenvalue weighted by Crippen LogP contribution is 2.39. The minimum Gasteiger partial charge on any atom is -0.495 e. The van der Waals surface area contributed by atoms with Gasteiger partial charge in [0.1, 0.15) is 5.75 Å². The molecule has 5 nitrogen and oxygen atoms in total. The van der Waals surface area contributed by atoms with Crippen molar-refractivity contribution in [3.05, 3.63) is 76.8 Å². The van der Waals surface area contributed by atoms with E-state index < -0.39 is 0 Å². The summed E-state index contributed by atoms with van der Waals surface area (Å²) in [6, 6.07) is 13.3. The van der Waals surface area contributed by atoms with Crippen molar-refractivity contribution in [2.45, 2.75) is 31.7 Å². The summed E-state index contributed by atoms with van der Waals surface area (Å²) in [4.78, 5) is 17.1. The third-order valence-electron chi connectivity index (χ3n) is 5.10. The second-order valence-corrected chi connectivity index (χ2v) is 7.79. The summed E-state index contributed by atoms with van der Waals surface area (Å²) >= 11 is 6.09. The van der Waals surface area contributed by atoms with Gasteiger partial charge in [-0.15, -0.1) is 0 Å². The first-order chi connectivity index (χ1) is 13.5. The minimum absolute atomic E-state index is 0.0915. The Morgan fingerprint density at radius 2 is 2.11 bits per heavy atom. The zero-order valence-corrected chi connectivity index (χ0v) is 16.7. The van der Waals surface area contributed by atoms with Crippen LogP contribution in [0, 0.1) is 6.92 Å². The van der Waals surface area contributed by atoms with Gasteiger partial charge in [0.25, 0.3) is 5.91 Å². The number of methoxy groups -OCH3 is 1. The molecule has 1 aliphatic carbocycles. The molecular weight excluding hydrogens is 374 g/mol. The van der Waals surface area contributed by atoms with Crippen molar-refractivity contribution >= 4 is 17.5 Å². The van der Waals surface area contributed by atoms with Crippen molar-refractivity contribution < 1.29 is 9.53 Å². The van der Waals surface area contributed by atoms with Crippen molar-refractivity contribution in [3.63, 3.8) is 0 Å². The molecule has 1 aliphatic rings. The number of benzene rings is 2. The molecule has 144 valence electrons. The number of aromatic nitrogens is 2. The normalized spacial score (nSPS) is 14.5. The van der Waals surface area contributed by atoms with Crippen LogP contribution in [0.4, 0.5) is 0 Å². The lowest BCUT2D eigenvalue weighted by molar-refractivity contribution is 0.0931. The number of ether oxygens (including phenoxy) is 1. The molecule has 2 aromatic carbocycles. The summed E-state index contributed by atoms with van der Waals surface area (Å²) in [5, 5.41) is 3.93. The Hall–Kier alpha value is -2.79. The van der Waals surface area contributed by atoms with Crippen LogP contribution in [0.5, 0.6) is 5.75 Å². The van der Waals surface area contributed by atoms with Gasteiger partial charge >= 0.3 is 0 Å². The predicted molar refractivity (Wildman–Crippen MR) is 109 cm³/mol. The molecule has 0 radical (unpaired) electrons. The maximum atomic E-state index is 12.9. The number of hydrogen-bond acceptors (Lipinski definition) is 3. The van der Waals surface area contributed by atoms with E-state index in [0.29, 0.717) is 11.3 Å². The van der Waals surface area contributed by atoms with Gasteiger partial charge in [0.05, 0.1) is 24.8 Å². The van der Waals surface area contributed by atoms with E-state index in [1.165, 1.54) is 0 Å². The average molecular weight is 396 g/mol. The van der Waals surface area contributed by atoms with Gasteiger partial charge in [-0.25, -0.2) is 4.98 Å². The molecule has 3 aromatic rings. The first kappa shape index (κ1) is 18.6. The number of carbonyl (C=O) groups excluding carboxylic acids is 1. The van der Waals surface area contributed by atoms with E-state index in [9.17, 15) is 4.79 Å². The Kier molecular flexibility index (Phi) is 4.85. The summed E-state index contributed by atoms with van der Waals surface area (Å²) in [6.07, 6.45) is 6.37. The maximum absolute atomic E-state index is 12.9. The Balaban J connectivity index is 1.52. The molecule has 1 heterocycles. The molecule has 6 heteroatoms. The van der Waals surface area contributed by atoms with Crippen LogP contribution < -0.4 is 10.1 Å². The zero-order chi connectivity index (χ0) is 19.7. The largest absolute Gasteiger partial charge is 0.495 e. The predicted octanol–water partition coefficient (Wildman–Crippen LogP) is 4.35. The lowest BCUT2D eigenvalue weighted by atomic mass is 10.0. The van der Waals surface area contributed by atoms with Crippen molar-refractivity contribution in [3.8, 4) is 11.4 Å². The van der Waals surface area contributed by atoms with E-state index in [2.05, 4.69) is 10.3 Å². The molecule has 1 aromatic heterocycles. The number of nitrogens with zero attached hydrogens (tertiary/aromatic N) is 2. The van der Waals surface area contributed by atoms with Gasteiger partial charge in [-0.05, 0) is 62.1 Å². The topological polar surface area (TPSA) is 56.1 Å². The third-order valence-corrected chi connectivity index (χ3v) is 5.33. The highest BCUT2D eigenvalue weighted by Gasteiger charge is 2.44. The standard InChI is InChI=1S/C22H22ClN3O2/c1-15-13-26(14-24-15)19-7-6-17(11-20(19)28-2)21(27)25-22(8-9-22)12-16-4-3-5-18(23)10-16/h3-7,10-11,13-14H,8-9,12H2,1-2H3,(H,25,27). The van der Waals surface area contributed by atoms with Crippen LogP contribution in [-0.4, -0.2) is 28.1 Å². The number of halogens is 1. The van der Waals surface area contributed by atoms with Crippen LogP contribution >= 0.6 is 11.6 Å². The molecule has 0 unspecified atom stereocenters. The first-order valence-corrected chi connectivity index (χ1v) is 9.62. The lowest BCUT2D eigenvalue weighted by Gasteiger charge is -2.18. The Morgan fingerprint density at radius 3 is 2.75 bits per heavy atom. The smallest absolute Gasteiger partial charge is 0.251 e. The van der Waals surface area contributed by atoms with Crippen molar-refractivity contribution in [2.24, 2.45) is 0 Å². The molecule has 0 spiro atoms. The molecule has 28 heavy (non-hydrogen) atoms. The van der Waals surface area contributed by atoms with Crippen molar-refractivity contribution in [2.75, 3.05) is 7.11 Å². The number of hydrogen-bond donors (Lipinski definition) is 1. The summed E-state index contributed by atoms with van der Waals surface area (Å²) in [6.45, 7) is 1.93. The van der Waals surface area contributed by atoms with Crippen LogP contribution in [0.15, 0.2) is 55.0 Å². The SMILES string of the molecule is COc1cc(C(=O)NC2(Cc3cccc(Cl)c3)CC2)ccc1-n1cnc(C)c1. The molecule has 1 amide bonds. The summed E-state index contributed by atoms with van der Waals surface area (Å²) < 4.78 is 7.40. The number of amides is 1. The summed E-state index contributed by atoms with van der Waals surface area (Å²) in [5.74, 6) is 0.538. The van der Waals surface area contributed by atoms with Gasteiger partial charge in [0, 0.05) is 22.3 Å². The van der Waals surface area contributed by atoms with Gasteiger partial charge in [0.15, 0.2) is 0 Å². The number of nitrogens with one attached hydrogen (secondary N) is 1. The van der Waals surface area contributed by atoms with E-state index in [4.69, 9.17) is 16.3 Å². The van der Waals surface area contributed by atoms with Crippen LogP contribution in [0.1, 0.15) is 34.5 Å². The number of aryl methyl sites for hydroxylation is 1. The fourth-order valence-corrected chi connectivity index (χ4v) is 3.65. The van der Waals surface area contributed by atoms with Gasteiger partial charge < -0.3 is 14.6 Å². The molecule has 1 N–H and O–H groups in total. The maximum Gasteiger partial charge on any atom is 0.251 e. The monoisotopic (exact) mass is 395 g/mol. The quantitative estimate of drug-likeness (QED) is 0.675.